The summed E-state index contributed by atoms with van der Waals surface area (Å²) in [5, 5.41) is 0.790. The number of nitrogens with one attached hydrogen (secondary N) is 2. The number of amides is 2. The zero-order valence-corrected chi connectivity index (χ0v) is 11.9. The Hall–Kier alpha value is -1.80. The number of allylic oxidation sites excluding steroid dienone is 1. The van der Waals surface area contributed by atoms with Crippen molar-refractivity contribution in [3.63, 3.8) is 0 Å². The van der Waals surface area contributed by atoms with Crippen LogP contribution in [-0.4, -0.2) is 26.0 Å². The van der Waals surface area contributed by atoms with Crippen molar-refractivity contribution in [3.05, 3.63) is 40.8 Å². The lowest BCUT2D eigenvalue weighted by molar-refractivity contribution is 0.199. The monoisotopic (exact) mass is 319 g/mol. The second-order valence-electron chi connectivity index (χ2n) is 4.09. The molecule has 0 radical (unpaired) electrons. The molecule has 2 rings (SSSR count). The first-order valence-corrected chi connectivity index (χ1v) is 7.38. The van der Waals surface area contributed by atoms with Gasteiger partial charge in [-0.15, -0.1) is 0 Å². The molecule has 0 spiro atoms. The Morgan fingerprint density at radius 3 is 2.75 bits per heavy atom. The van der Waals surface area contributed by atoms with Gasteiger partial charge in [-0.25, -0.2) is 27.3 Å². The van der Waals surface area contributed by atoms with Crippen LogP contribution in [0.4, 0.5) is 9.18 Å². The number of sulfonamides is 1. The SMILES string of the molecule is CC1=CCN(C(=O)NS(=O)(=O)c2ccc(F)cc2Cl)N1. The van der Waals surface area contributed by atoms with Crippen molar-refractivity contribution in [2.75, 3.05) is 6.54 Å². The van der Waals surface area contributed by atoms with Gasteiger partial charge in [0.1, 0.15) is 10.7 Å². The Kier molecular flexibility index (Phi) is 3.87. The van der Waals surface area contributed by atoms with Crippen LogP contribution in [0.15, 0.2) is 34.9 Å². The maximum atomic E-state index is 12.9. The Bertz CT molecular complexity index is 690. The fourth-order valence-electron chi connectivity index (χ4n) is 1.58. The molecule has 0 bridgehead atoms. The Morgan fingerprint density at radius 1 is 1.50 bits per heavy atom. The first-order valence-electron chi connectivity index (χ1n) is 5.52. The van der Waals surface area contributed by atoms with E-state index in [2.05, 4.69) is 5.43 Å². The van der Waals surface area contributed by atoms with Crippen molar-refractivity contribution in [1.29, 1.82) is 0 Å². The minimum absolute atomic E-state index is 0.240. The van der Waals surface area contributed by atoms with Crippen LogP contribution < -0.4 is 10.1 Å². The molecule has 1 aliphatic rings. The van der Waals surface area contributed by atoms with Gasteiger partial charge in [-0.05, 0) is 31.2 Å². The van der Waals surface area contributed by atoms with Crippen molar-refractivity contribution in [1.82, 2.24) is 15.2 Å². The predicted octanol–water partition coefficient (Wildman–Crippen LogP) is 1.60. The fraction of sp³-hybridized carbons (Fsp3) is 0.182. The summed E-state index contributed by atoms with van der Waals surface area (Å²) in [7, 11) is -4.16. The molecule has 0 saturated carbocycles. The second-order valence-corrected chi connectivity index (χ2v) is 6.15. The minimum Gasteiger partial charge on any atom is -0.299 e. The number of nitrogens with zero attached hydrogens (tertiary/aromatic N) is 1. The van der Waals surface area contributed by atoms with E-state index < -0.39 is 21.9 Å². The van der Waals surface area contributed by atoms with Crippen LogP contribution in [0.3, 0.4) is 0 Å². The molecule has 6 nitrogen and oxygen atoms in total. The molecule has 108 valence electrons. The number of halogens is 2. The van der Waals surface area contributed by atoms with E-state index in [-0.39, 0.29) is 16.5 Å². The molecule has 0 saturated heterocycles. The third-order valence-electron chi connectivity index (χ3n) is 2.54. The van der Waals surface area contributed by atoms with Gasteiger partial charge in [0.2, 0.25) is 0 Å². The topological polar surface area (TPSA) is 78.5 Å². The minimum atomic E-state index is -4.16. The smallest absolute Gasteiger partial charge is 0.299 e. The molecule has 1 aliphatic heterocycles. The van der Waals surface area contributed by atoms with Gasteiger partial charge in [0, 0.05) is 5.70 Å². The van der Waals surface area contributed by atoms with E-state index in [9.17, 15) is 17.6 Å². The maximum absolute atomic E-state index is 12.9. The third-order valence-corrected chi connectivity index (χ3v) is 4.34. The van der Waals surface area contributed by atoms with Gasteiger partial charge >= 0.3 is 6.03 Å². The summed E-state index contributed by atoms with van der Waals surface area (Å²) in [5.41, 5.74) is 3.41. The highest BCUT2D eigenvalue weighted by atomic mass is 35.5. The van der Waals surface area contributed by atoms with E-state index in [0.29, 0.717) is 0 Å². The van der Waals surface area contributed by atoms with E-state index >= 15 is 0 Å². The van der Waals surface area contributed by atoms with Gasteiger partial charge in [-0.3, -0.25) is 5.43 Å². The largest absolute Gasteiger partial charge is 0.350 e. The molecule has 2 N–H and O–H groups in total. The highest BCUT2D eigenvalue weighted by molar-refractivity contribution is 7.90. The van der Waals surface area contributed by atoms with Crippen LogP contribution in [0, 0.1) is 5.82 Å². The van der Waals surface area contributed by atoms with E-state index in [1.54, 1.807) is 13.0 Å². The number of urea groups is 1. The molecule has 20 heavy (non-hydrogen) atoms. The van der Waals surface area contributed by atoms with Crippen LogP contribution >= 0.6 is 11.6 Å². The van der Waals surface area contributed by atoms with Gasteiger partial charge in [0.25, 0.3) is 10.0 Å². The number of hydrazine groups is 1. The summed E-state index contributed by atoms with van der Waals surface area (Å²) in [6.07, 6.45) is 1.72. The number of hydrogen-bond acceptors (Lipinski definition) is 4. The van der Waals surface area contributed by atoms with E-state index in [4.69, 9.17) is 11.6 Å². The number of benzene rings is 1. The molecule has 0 unspecified atom stereocenters. The van der Waals surface area contributed by atoms with E-state index in [1.807, 2.05) is 4.72 Å². The molecule has 1 aromatic carbocycles. The lowest BCUT2D eigenvalue weighted by Crippen LogP contribution is -2.46. The average Bonchev–Trinajstić information content (AvgIpc) is 2.74. The van der Waals surface area contributed by atoms with Crippen LogP contribution in [-0.2, 0) is 10.0 Å². The van der Waals surface area contributed by atoms with E-state index in [0.717, 1.165) is 28.9 Å². The Balaban J connectivity index is 2.17. The summed E-state index contributed by atoms with van der Waals surface area (Å²) in [4.78, 5) is 11.4. The van der Waals surface area contributed by atoms with Crippen molar-refractivity contribution in [2.24, 2.45) is 0 Å². The summed E-state index contributed by atoms with van der Waals surface area (Å²) in [5.74, 6) is -0.665. The Labute approximate surface area is 120 Å². The van der Waals surface area contributed by atoms with Crippen molar-refractivity contribution >= 4 is 27.7 Å². The summed E-state index contributed by atoms with van der Waals surface area (Å²) in [6.45, 7) is 1.98. The standard InChI is InChI=1S/C11H11ClFN3O3S/c1-7-4-5-16(14-7)11(17)15-20(18,19)10-3-2-8(13)6-9(10)12/h2-4,6,14H,5H2,1H3,(H,15,17). The molecular formula is C11H11ClFN3O3S. The number of carbonyl (C=O) groups excluding carboxylic acids is 1. The van der Waals surface area contributed by atoms with Gasteiger partial charge < -0.3 is 0 Å². The summed E-state index contributed by atoms with van der Waals surface area (Å²) >= 11 is 5.67. The lowest BCUT2D eigenvalue weighted by Gasteiger charge is -2.18. The van der Waals surface area contributed by atoms with Gasteiger partial charge in [0.05, 0.1) is 11.6 Å². The van der Waals surface area contributed by atoms with Gasteiger partial charge in [0.15, 0.2) is 0 Å². The predicted molar refractivity (Wildman–Crippen MR) is 70.7 cm³/mol. The molecule has 1 aromatic rings. The zero-order valence-electron chi connectivity index (χ0n) is 10.4. The van der Waals surface area contributed by atoms with E-state index in [1.165, 1.54) is 0 Å². The number of hydrogen-bond donors (Lipinski definition) is 2. The second kappa shape index (κ2) is 5.29. The summed E-state index contributed by atoms with van der Waals surface area (Å²) < 4.78 is 38.8. The lowest BCUT2D eigenvalue weighted by atomic mass is 10.3. The molecule has 0 aliphatic carbocycles. The van der Waals surface area contributed by atoms with Crippen LogP contribution in [0.1, 0.15) is 6.92 Å². The number of rotatable bonds is 2. The zero-order chi connectivity index (χ0) is 14.9. The van der Waals surface area contributed by atoms with Crippen LogP contribution in [0.25, 0.3) is 0 Å². The normalized spacial score (nSPS) is 14.8. The van der Waals surface area contributed by atoms with Gasteiger partial charge in [-0.2, -0.15) is 0 Å². The molecule has 0 atom stereocenters. The summed E-state index contributed by atoms with van der Waals surface area (Å²) in [6, 6.07) is 1.96. The van der Waals surface area contributed by atoms with Gasteiger partial charge in [-0.1, -0.05) is 11.6 Å². The Morgan fingerprint density at radius 2 is 2.20 bits per heavy atom. The highest BCUT2D eigenvalue weighted by Gasteiger charge is 2.25. The molecule has 0 fully saturated rings. The quantitative estimate of drug-likeness (QED) is 0.868. The van der Waals surface area contributed by atoms with Crippen LogP contribution in [0.2, 0.25) is 5.02 Å². The molecular weight excluding hydrogens is 309 g/mol. The van der Waals surface area contributed by atoms with Crippen molar-refractivity contribution < 1.29 is 17.6 Å². The molecule has 1 heterocycles. The highest BCUT2D eigenvalue weighted by Crippen LogP contribution is 2.22. The molecule has 0 aromatic heterocycles. The van der Waals surface area contributed by atoms with Crippen molar-refractivity contribution in [3.8, 4) is 0 Å². The molecule has 2 amide bonds. The maximum Gasteiger partial charge on any atom is 0.350 e. The number of carbonyl (C=O) groups is 1. The molecule has 9 heteroatoms. The average molecular weight is 320 g/mol. The van der Waals surface area contributed by atoms with Crippen LogP contribution in [0.5, 0.6) is 0 Å². The fourth-order valence-corrected chi connectivity index (χ4v) is 3.07. The first kappa shape index (κ1) is 14.6. The van der Waals surface area contributed by atoms with Crippen molar-refractivity contribution in [2.45, 2.75) is 11.8 Å². The third kappa shape index (κ3) is 3.02. The first-order chi connectivity index (χ1) is 9.29.